The van der Waals surface area contributed by atoms with Gasteiger partial charge in [0.25, 0.3) is 0 Å². The third-order valence-corrected chi connectivity index (χ3v) is 5.69. The van der Waals surface area contributed by atoms with Crippen molar-refractivity contribution < 1.29 is 4.79 Å². The Morgan fingerprint density at radius 1 is 1.12 bits per heavy atom. The van der Waals surface area contributed by atoms with Crippen molar-refractivity contribution in [3.63, 3.8) is 0 Å². The maximum atomic E-state index is 13.0. The van der Waals surface area contributed by atoms with Crippen molar-refractivity contribution in [1.82, 2.24) is 9.80 Å². The average Bonchev–Trinajstić information content (AvgIpc) is 3.09. The van der Waals surface area contributed by atoms with Crippen LogP contribution in [-0.2, 0) is 4.79 Å². The quantitative estimate of drug-likeness (QED) is 0.904. The largest absolute Gasteiger partial charge is 0.338 e. The van der Waals surface area contributed by atoms with Gasteiger partial charge in [0, 0.05) is 25.2 Å². The van der Waals surface area contributed by atoms with Crippen LogP contribution in [0.25, 0.3) is 0 Å². The number of piperidine rings is 1. The van der Waals surface area contributed by atoms with Crippen LogP contribution in [0.5, 0.6) is 0 Å². The molecule has 0 aliphatic carbocycles. The Morgan fingerprint density at radius 2 is 1.83 bits per heavy atom. The third kappa shape index (κ3) is 3.98. The van der Waals surface area contributed by atoms with E-state index in [4.69, 9.17) is 5.73 Å². The molecule has 0 bridgehead atoms. The van der Waals surface area contributed by atoms with E-state index >= 15 is 0 Å². The predicted molar refractivity (Wildman–Crippen MR) is 97.6 cm³/mol. The average molecular weight is 329 g/mol. The van der Waals surface area contributed by atoms with Crippen molar-refractivity contribution in [2.45, 2.75) is 51.1 Å². The summed E-state index contributed by atoms with van der Waals surface area (Å²) in [5, 5.41) is 0. The van der Waals surface area contributed by atoms with Crippen LogP contribution in [0, 0.1) is 5.92 Å². The molecule has 2 heterocycles. The molecule has 4 nitrogen and oxygen atoms in total. The summed E-state index contributed by atoms with van der Waals surface area (Å²) < 4.78 is 0. The van der Waals surface area contributed by atoms with Gasteiger partial charge in [-0.05, 0) is 44.3 Å². The fourth-order valence-corrected chi connectivity index (χ4v) is 4.13. The van der Waals surface area contributed by atoms with Gasteiger partial charge >= 0.3 is 0 Å². The van der Waals surface area contributed by atoms with Crippen molar-refractivity contribution in [2.24, 2.45) is 11.7 Å². The molecule has 2 aliphatic rings. The summed E-state index contributed by atoms with van der Waals surface area (Å²) in [6.45, 7) is 6.30. The van der Waals surface area contributed by atoms with E-state index in [-0.39, 0.29) is 17.9 Å². The van der Waals surface area contributed by atoms with Gasteiger partial charge in [0.05, 0.1) is 5.92 Å². The number of nitrogens with two attached hydrogens (primary N) is 1. The topological polar surface area (TPSA) is 49.6 Å². The van der Waals surface area contributed by atoms with Gasteiger partial charge in [-0.3, -0.25) is 4.79 Å². The molecule has 4 heteroatoms. The van der Waals surface area contributed by atoms with E-state index in [9.17, 15) is 4.79 Å². The second-order valence-corrected chi connectivity index (χ2v) is 7.41. The highest BCUT2D eigenvalue weighted by Crippen LogP contribution is 2.26. The summed E-state index contributed by atoms with van der Waals surface area (Å²) >= 11 is 0. The number of carbonyl (C=O) groups is 1. The minimum atomic E-state index is -0.227. The molecule has 1 amide bonds. The Labute approximate surface area is 146 Å². The Bertz CT molecular complexity index is 527. The van der Waals surface area contributed by atoms with Crippen molar-refractivity contribution in [3.8, 4) is 0 Å². The molecule has 3 rings (SSSR count). The summed E-state index contributed by atoms with van der Waals surface area (Å²) in [6, 6.07) is 10.1. The number of likely N-dealkylation sites (tertiary alicyclic amines) is 2. The third-order valence-electron chi connectivity index (χ3n) is 5.69. The molecular weight excluding hydrogens is 298 g/mol. The molecule has 2 aliphatic heterocycles. The second-order valence-electron chi connectivity index (χ2n) is 7.41. The predicted octanol–water partition coefficient (Wildman–Crippen LogP) is 2.80. The number of benzene rings is 1. The van der Waals surface area contributed by atoms with E-state index in [1.807, 2.05) is 37.3 Å². The van der Waals surface area contributed by atoms with Crippen LogP contribution in [0.15, 0.2) is 30.3 Å². The van der Waals surface area contributed by atoms with Crippen molar-refractivity contribution in [3.05, 3.63) is 35.9 Å². The van der Waals surface area contributed by atoms with E-state index in [1.54, 1.807) is 0 Å². The van der Waals surface area contributed by atoms with Crippen molar-refractivity contribution >= 4 is 5.91 Å². The van der Waals surface area contributed by atoms with E-state index in [1.165, 1.54) is 32.4 Å². The second kappa shape index (κ2) is 8.13. The first kappa shape index (κ1) is 17.4. The SMILES string of the molecule is CC(C(=O)N1CCCC1CN1CCCCC1)C(N)c1ccccc1. The molecule has 2 fully saturated rings. The zero-order valence-electron chi connectivity index (χ0n) is 14.9. The number of hydrogen-bond donors (Lipinski definition) is 1. The molecule has 3 atom stereocenters. The lowest BCUT2D eigenvalue weighted by molar-refractivity contribution is -0.136. The minimum absolute atomic E-state index is 0.172. The molecule has 1 aromatic rings. The van der Waals surface area contributed by atoms with Gasteiger partial charge in [-0.15, -0.1) is 0 Å². The zero-order chi connectivity index (χ0) is 16.9. The Morgan fingerprint density at radius 3 is 2.54 bits per heavy atom. The highest BCUT2D eigenvalue weighted by molar-refractivity contribution is 5.80. The Balaban J connectivity index is 1.62. The number of nitrogens with zero attached hydrogens (tertiary/aromatic N) is 2. The van der Waals surface area contributed by atoms with Gasteiger partial charge in [-0.25, -0.2) is 0 Å². The first-order chi connectivity index (χ1) is 11.7. The monoisotopic (exact) mass is 329 g/mol. The van der Waals surface area contributed by atoms with Crippen LogP contribution in [0.4, 0.5) is 0 Å². The van der Waals surface area contributed by atoms with E-state index in [0.29, 0.717) is 6.04 Å². The lowest BCUT2D eigenvalue weighted by atomic mass is 9.94. The number of hydrogen-bond acceptors (Lipinski definition) is 3. The van der Waals surface area contributed by atoms with Crippen LogP contribution < -0.4 is 5.73 Å². The fourth-order valence-electron chi connectivity index (χ4n) is 4.13. The summed E-state index contributed by atoms with van der Waals surface area (Å²) in [4.78, 5) is 17.7. The first-order valence-electron chi connectivity index (χ1n) is 9.50. The molecular formula is C20H31N3O. The van der Waals surface area contributed by atoms with Crippen molar-refractivity contribution in [1.29, 1.82) is 0 Å². The maximum Gasteiger partial charge on any atom is 0.227 e. The van der Waals surface area contributed by atoms with Gasteiger partial charge in [0.1, 0.15) is 0 Å². The molecule has 0 saturated carbocycles. The maximum absolute atomic E-state index is 13.0. The van der Waals surface area contributed by atoms with Crippen LogP contribution in [-0.4, -0.2) is 47.9 Å². The Hall–Kier alpha value is -1.39. The molecule has 2 N–H and O–H groups in total. The molecule has 0 aromatic heterocycles. The summed E-state index contributed by atoms with van der Waals surface area (Å²) in [5.74, 6) is 0.0558. The van der Waals surface area contributed by atoms with Gasteiger partial charge < -0.3 is 15.5 Å². The van der Waals surface area contributed by atoms with E-state index in [0.717, 1.165) is 31.5 Å². The fraction of sp³-hybridized carbons (Fsp3) is 0.650. The molecule has 3 unspecified atom stereocenters. The first-order valence-corrected chi connectivity index (χ1v) is 9.50. The van der Waals surface area contributed by atoms with Crippen LogP contribution in [0.2, 0.25) is 0 Å². The van der Waals surface area contributed by atoms with Crippen LogP contribution >= 0.6 is 0 Å². The highest BCUT2D eigenvalue weighted by atomic mass is 16.2. The van der Waals surface area contributed by atoms with E-state index < -0.39 is 0 Å². The van der Waals surface area contributed by atoms with E-state index in [2.05, 4.69) is 9.80 Å². The molecule has 1 aromatic carbocycles. The summed E-state index contributed by atoms with van der Waals surface area (Å²) in [5.41, 5.74) is 7.43. The van der Waals surface area contributed by atoms with Gasteiger partial charge in [-0.2, -0.15) is 0 Å². The lowest BCUT2D eigenvalue weighted by Gasteiger charge is -2.34. The van der Waals surface area contributed by atoms with Crippen LogP contribution in [0.1, 0.15) is 50.6 Å². The highest BCUT2D eigenvalue weighted by Gasteiger charge is 2.34. The smallest absolute Gasteiger partial charge is 0.227 e. The summed E-state index contributed by atoms with van der Waals surface area (Å²) in [7, 11) is 0. The van der Waals surface area contributed by atoms with Gasteiger partial charge in [0.2, 0.25) is 5.91 Å². The number of rotatable bonds is 5. The molecule has 132 valence electrons. The van der Waals surface area contributed by atoms with Gasteiger partial charge in [-0.1, -0.05) is 43.7 Å². The minimum Gasteiger partial charge on any atom is -0.338 e. The van der Waals surface area contributed by atoms with Crippen LogP contribution in [0.3, 0.4) is 0 Å². The molecule has 0 radical (unpaired) electrons. The lowest BCUT2D eigenvalue weighted by Crippen LogP contribution is -2.47. The standard InChI is InChI=1S/C20H31N3O/c1-16(19(21)17-9-4-2-5-10-17)20(24)23-14-8-11-18(23)15-22-12-6-3-7-13-22/h2,4-5,9-10,16,18-19H,3,6-8,11-15,21H2,1H3. The number of carbonyl (C=O) groups excluding carboxylic acids is 1. The van der Waals surface area contributed by atoms with Crippen molar-refractivity contribution in [2.75, 3.05) is 26.2 Å². The van der Waals surface area contributed by atoms with Gasteiger partial charge in [0.15, 0.2) is 0 Å². The molecule has 0 spiro atoms. The molecule has 24 heavy (non-hydrogen) atoms. The number of amides is 1. The zero-order valence-corrected chi connectivity index (χ0v) is 14.9. The Kier molecular flexibility index (Phi) is 5.90. The normalized spacial score (nSPS) is 24.8. The summed E-state index contributed by atoms with van der Waals surface area (Å²) in [6.07, 6.45) is 6.21. The molecule has 2 saturated heterocycles.